The van der Waals surface area contributed by atoms with Crippen molar-refractivity contribution in [2.75, 3.05) is 6.54 Å². The Labute approximate surface area is 177 Å². The predicted molar refractivity (Wildman–Crippen MR) is 116 cm³/mol. The lowest BCUT2D eigenvalue weighted by Crippen LogP contribution is -2.35. The lowest BCUT2D eigenvalue weighted by atomic mass is 9.79. The Morgan fingerprint density at radius 3 is 2.47 bits per heavy atom. The molecule has 0 aliphatic carbocycles. The maximum atomic E-state index is 12.4. The van der Waals surface area contributed by atoms with Crippen molar-refractivity contribution in [3.63, 3.8) is 0 Å². The van der Waals surface area contributed by atoms with E-state index in [9.17, 15) is 14.7 Å². The third-order valence-electron chi connectivity index (χ3n) is 5.99. The van der Waals surface area contributed by atoms with Gasteiger partial charge in [0.15, 0.2) is 0 Å². The number of carboxylic acid groups (broad SMARTS) is 1. The molecular formula is C25H29NO4. The summed E-state index contributed by atoms with van der Waals surface area (Å²) in [5, 5.41) is 19.8. The van der Waals surface area contributed by atoms with E-state index < -0.39 is 17.5 Å². The Morgan fingerprint density at radius 1 is 1.17 bits per heavy atom. The number of carboxylic acids is 1. The van der Waals surface area contributed by atoms with Gasteiger partial charge in [-0.05, 0) is 36.1 Å². The minimum absolute atomic E-state index is 0.0305. The van der Waals surface area contributed by atoms with Gasteiger partial charge in [-0.25, -0.2) is 4.79 Å². The second-order valence-corrected chi connectivity index (χ2v) is 8.36. The van der Waals surface area contributed by atoms with Crippen LogP contribution in [-0.4, -0.2) is 45.7 Å². The van der Waals surface area contributed by atoms with Gasteiger partial charge in [-0.3, -0.25) is 4.79 Å². The summed E-state index contributed by atoms with van der Waals surface area (Å²) in [5.74, 6) is -0.831. The maximum Gasteiger partial charge on any atom is 0.335 e. The van der Waals surface area contributed by atoms with E-state index in [2.05, 4.69) is 0 Å². The summed E-state index contributed by atoms with van der Waals surface area (Å²) >= 11 is 0. The van der Waals surface area contributed by atoms with Gasteiger partial charge >= 0.3 is 5.97 Å². The van der Waals surface area contributed by atoms with E-state index in [1.54, 1.807) is 24.3 Å². The van der Waals surface area contributed by atoms with Crippen molar-refractivity contribution in [1.29, 1.82) is 0 Å². The average Bonchev–Trinajstić information content (AvgIpc) is 3.10. The molecule has 5 nitrogen and oxygen atoms in total. The largest absolute Gasteiger partial charge is 0.478 e. The number of aromatic carboxylic acids is 1. The fourth-order valence-electron chi connectivity index (χ4n) is 3.82. The minimum atomic E-state index is -0.946. The van der Waals surface area contributed by atoms with Crippen molar-refractivity contribution in [3.8, 4) is 0 Å². The molecule has 2 N–H and O–H groups in total. The molecule has 1 aliphatic rings. The highest BCUT2D eigenvalue weighted by atomic mass is 16.4. The van der Waals surface area contributed by atoms with Crippen LogP contribution in [0.5, 0.6) is 0 Å². The molecule has 1 aliphatic heterocycles. The van der Waals surface area contributed by atoms with Crippen LogP contribution >= 0.6 is 0 Å². The van der Waals surface area contributed by atoms with Gasteiger partial charge in [-0.15, -0.1) is 0 Å². The van der Waals surface area contributed by atoms with Gasteiger partial charge < -0.3 is 15.1 Å². The van der Waals surface area contributed by atoms with Gasteiger partial charge in [-0.2, -0.15) is 0 Å². The summed E-state index contributed by atoms with van der Waals surface area (Å²) in [6.45, 7) is 4.59. The first kappa shape index (κ1) is 21.8. The van der Waals surface area contributed by atoms with Gasteiger partial charge in [-0.1, -0.05) is 68.5 Å². The number of amides is 1. The maximum absolute atomic E-state index is 12.4. The van der Waals surface area contributed by atoms with Crippen molar-refractivity contribution in [2.45, 2.75) is 50.7 Å². The van der Waals surface area contributed by atoms with E-state index in [4.69, 9.17) is 5.11 Å². The van der Waals surface area contributed by atoms with Crippen molar-refractivity contribution in [3.05, 3.63) is 83.4 Å². The van der Waals surface area contributed by atoms with Gasteiger partial charge in [0.2, 0.25) is 5.91 Å². The standard InChI is InChI=1S/C25H29NO4/c1-25(2,20-6-4-3-5-7-20)22(27)14-12-21-13-15-23(28)26(21)17-16-18-8-10-19(11-9-18)24(29)30/h3-12,14,21-22,27H,13,15-17H2,1-2H3,(H,29,30)/t21-,22?/m0/s1. The van der Waals surface area contributed by atoms with E-state index in [1.165, 1.54) is 0 Å². The number of hydrogen-bond donors (Lipinski definition) is 2. The van der Waals surface area contributed by atoms with E-state index in [0.717, 1.165) is 17.5 Å². The summed E-state index contributed by atoms with van der Waals surface area (Å²) in [4.78, 5) is 25.2. The second-order valence-electron chi connectivity index (χ2n) is 8.36. The number of aliphatic hydroxyl groups is 1. The van der Waals surface area contributed by atoms with Gasteiger partial charge in [0.25, 0.3) is 0 Å². The first-order chi connectivity index (χ1) is 14.3. The van der Waals surface area contributed by atoms with E-state index in [-0.39, 0.29) is 17.5 Å². The van der Waals surface area contributed by atoms with Crippen LogP contribution in [0.1, 0.15) is 48.2 Å². The third kappa shape index (κ3) is 4.97. The molecule has 1 amide bonds. The summed E-state index contributed by atoms with van der Waals surface area (Å²) < 4.78 is 0. The summed E-state index contributed by atoms with van der Waals surface area (Å²) in [7, 11) is 0. The number of likely N-dealkylation sites (tertiary alicyclic amines) is 1. The molecule has 2 aromatic rings. The highest BCUT2D eigenvalue weighted by Crippen LogP contribution is 2.29. The van der Waals surface area contributed by atoms with E-state index in [0.29, 0.717) is 19.4 Å². The lowest BCUT2D eigenvalue weighted by molar-refractivity contribution is -0.128. The van der Waals surface area contributed by atoms with Crippen LogP contribution < -0.4 is 0 Å². The topological polar surface area (TPSA) is 77.8 Å². The number of carbonyl (C=O) groups is 2. The first-order valence-corrected chi connectivity index (χ1v) is 10.3. The molecule has 0 spiro atoms. The Kier molecular flexibility index (Phi) is 6.73. The molecule has 0 aromatic heterocycles. The monoisotopic (exact) mass is 407 g/mol. The van der Waals surface area contributed by atoms with Gasteiger partial charge in [0.05, 0.1) is 17.7 Å². The van der Waals surface area contributed by atoms with Crippen LogP contribution in [0.3, 0.4) is 0 Å². The predicted octanol–water partition coefficient (Wildman–Crippen LogP) is 3.81. The molecule has 158 valence electrons. The third-order valence-corrected chi connectivity index (χ3v) is 5.99. The molecule has 2 aromatic carbocycles. The normalized spacial score (nSPS) is 18.2. The summed E-state index contributed by atoms with van der Waals surface area (Å²) in [5.41, 5.74) is 1.88. The zero-order valence-corrected chi connectivity index (χ0v) is 17.5. The van der Waals surface area contributed by atoms with Crippen LogP contribution in [0.25, 0.3) is 0 Å². The quantitative estimate of drug-likeness (QED) is 0.652. The average molecular weight is 408 g/mol. The molecule has 0 radical (unpaired) electrons. The Balaban J connectivity index is 1.63. The SMILES string of the molecule is CC(C)(c1ccccc1)C(O)C=C[C@H]1CCC(=O)N1CCc1ccc(C(=O)O)cc1. The molecule has 3 rings (SSSR count). The molecular weight excluding hydrogens is 378 g/mol. The molecule has 0 bridgehead atoms. The molecule has 1 heterocycles. The zero-order chi connectivity index (χ0) is 21.7. The van der Waals surface area contributed by atoms with Gasteiger partial charge in [0, 0.05) is 18.4 Å². The molecule has 1 unspecified atom stereocenters. The molecule has 5 heteroatoms. The van der Waals surface area contributed by atoms with Crippen LogP contribution in [-0.2, 0) is 16.6 Å². The van der Waals surface area contributed by atoms with E-state index >= 15 is 0 Å². The summed E-state index contributed by atoms with van der Waals surface area (Å²) in [6.07, 6.45) is 5.00. The second kappa shape index (κ2) is 9.26. The molecule has 2 atom stereocenters. The molecule has 1 fully saturated rings. The minimum Gasteiger partial charge on any atom is -0.478 e. The van der Waals surface area contributed by atoms with Crippen molar-refractivity contribution in [1.82, 2.24) is 4.90 Å². The van der Waals surface area contributed by atoms with Crippen molar-refractivity contribution < 1.29 is 19.8 Å². The smallest absolute Gasteiger partial charge is 0.335 e. The van der Waals surface area contributed by atoms with Crippen LogP contribution in [0.4, 0.5) is 0 Å². The summed E-state index contributed by atoms with van der Waals surface area (Å²) in [6, 6.07) is 16.6. The number of nitrogens with zero attached hydrogens (tertiary/aromatic N) is 1. The van der Waals surface area contributed by atoms with Crippen molar-refractivity contribution in [2.24, 2.45) is 0 Å². The number of carbonyl (C=O) groups excluding carboxylic acids is 1. The molecule has 30 heavy (non-hydrogen) atoms. The Morgan fingerprint density at radius 2 is 1.83 bits per heavy atom. The first-order valence-electron chi connectivity index (χ1n) is 10.3. The van der Waals surface area contributed by atoms with Crippen LogP contribution in [0.2, 0.25) is 0 Å². The van der Waals surface area contributed by atoms with Crippen LogP contribution in [0, 0.1) is 0 Å². The zero-order valence-electron chi connectivity index (χ0n) is 17.5. The number of aliphatic hydroxyl groups excluding tert-OH is 1. The van der Waals surface area contributed by atoms with E-state index in [1.807, 2.05) is 61.2 Å². The fraction of sp³-hybridized carbons (Fsp3) is 0.360. The highest BCUT2D eigenvalue weighted by Gasteiger charge is 2.31. The molecule has 0 saturated carbocycles. The fourth-order valence-corrected chi connectivity index (χ4v) is 3.82. The number of hydrogen-bond acceptors (Lipinski definition) is 3. The van der Waals surface area contributed by atoms with Gasteiger partial charge in [0.1, 0.15) is 0 Å². The Hall–Kier alpha value is -2.92. The Bertz CT molecular complexity index is 903. The lowest BCUT2D eigenvalue weighted by Gasteiger charge is -2.30. The number of benzene rings is 2. The van der Waals surface area contributed by atoms with Crippen molar-refractivity contribution >= 4 is 11.9 Å². The molecule has 1 saturated heterocycles. The van der Waals surface area contributed by atoms with Crippen LogP contribution in [0.15, 0.2) is 66.7 Å². The highest BCUT2D eigenvalue weighted by molar-refractivity contribution is 5.87. The number of rotatable bonds is 8.